The van der Waals surface area contributed by atoms with Gasteiger partial charge in [0.25, 0.3) is 0 Å². The zero-order valence-corrected chi connectivity index (χ0v) is 14.8. The van der Waals surface area contributed by atoms with Gasteiger partial charge < -0.3 is 0 Å². The van der Waals surface area contributed by atoms with Gasteiger partial charge in [0.2, 0.25) is 11.7 Å². The monoisotopic (exact) mass is 375 g/mol. The molecule has 4 heterocycles. The minimum atomic E-state index is -0.519. The molecule has 2 aromatic heterocycles. The molecule has 0 saturated heterocycles. The number of aliphatic imine (C=N–C) groups is 1. The molecular formula is C18H13N7OS. The van der Waals surface area contributed by atoms with Gasteiger partial charge in [0.1, 0.15) is 5.92 Å². The zero-order valence-electron chi connectivity index (χ0n) is 14.0. The molecule has 0 fully saturated rings. The van der Waals surface area contributed by atoms with Gasteiger partial charge in [-0.05, 0) is 18.2 Å². The molecule has 2 aliphatic rings. The van der Waals surface area contributed by atoms with Gasteiger partial charge in [-0.3, -0.25) is 14.1 Å². The summed E-state index contributed by atoms with van der Waals surface area (Å²) in [6.45, 7) is 0. The van der Waals surface area contributed by atoms with Crippen LogP contribution < -0.4 is 4.90 Å². The van der Waals surface area contributed by atoms with Crippen LogP contribution in [0, 0.1) is 5.92 Å². The van der Waals surface area contributed by atoms with E-state index in [1.165, 1.54) is 18.0 Å². The van der Waals surface area contributed by atoms with Gasteiger partial charge in [-0.15, -0.1) is 5.10 Å². The number of anilines is 1. The average molecular weight is 375 g/mol. The predicted molar refractivity (Wildman–Crippen MR) is 105 cm³/mol. The van der Waals surface area contributed by atoms with Crippen LogP contribution in [-0.2, 0) is 10.5 Å². The second kappa shape index (κ2) is 6.44. The Bertz CT molecular complexity index is 1090. The summed E-state index contributed by atoms with van der Waals surface area (Å²) in [5, 5.41) is 8.41. The van der Waals surface area contributed by atoms with Crippen LogP contribution in [0.15, 0.2) is 70.2 Å². The van der Waals surface area contributed by atoms with E-state index >= 15 is 0 Å². The van der Waals surface area contributed by atoms with Crippen molar-refractivity contribution in [1.82, 2.24) is 14.4 Å². The second-order valence-corrected chi connectivity index (χ2v) is 6.89. The number of imidazole rings is 1. The SMILES string of the molecule is O=C1[C@H]2C=NN=C2N=C(SCc2cn3cccnc3n2)N1c1ccccc1. The minimum absolute atomic E-state index is 0.102. The molecule has 0 radical (unpaired) electrons. The van der Waals surface area contributed by atoms with E-state index in [0.29, 0.717) is 22.5 Å². The third kappa shape index (κ3) is 2.81. The normalized spacial score (nSPS) is 18.6. The first-order chi connectivity index (χ1) is 13.3. The number of hydrogen-bond donors (Lipinski definition) is 0. The first-order valence-corrected chi connectivity index (χ1v) is 9.28. The molecule has 0 bridgehead atoms. The summed E-state index contributed by atoms with van der Waals surface area (Å²) in [5.74, 6) is 1.01. The Morgan fingerprint density at radius 1 is 1.15 bits per heavy atom. The fraction of sp³-hybridized carbons (Fsp3) is 0.111. The highest BCUT2D eigenvalue weighted by Gasteiger charge is 2.38. The molecule has 0 saturated carbocycles. The van der Waals surface area contributed by atoms with Crippen LogP contribution >= 0.6 is 11.8 Å². The number of amidine groups is 2. The third-order valence-corrected chi connectivity index (χ3v) is 5.16. The van der Waals surface area contributed by atoms with Crippen molar-refractivity contribution in [2.75, 3.05) is 4.90 Å². The van der Waals surface area contributed by atoms with E-state index in [1.54, 1.807) is 11.1 Å². The van der Waals surface area contributed by atoms with Crippen LogP contribution in [0.3, 0.4) is 0 Å². The maximum Gasteiger partial charge on any atom is 0.249 e. The van der Waals surface area contributed by atoms with Crippen LogP contribution in [0.5, 0.6) is 0 Å². The van der Waals surface area contributed by atoms with Crippen molar-refractivity contribution < 1.29 is 4.79 Å². The van der Waals surface area contributed by atoms with Gasteiger partial charge in [-0.25, -0.2) is 15.0 Å². The van der Waals surface area contributed by atoms with Crippen molar-refractivity contribution in [2.45, 2.75) is 5.75 Å². The smallest absolute Gasteiger partial charge is 0.249 e. The lowest BCUT2D eigenvalue weighted by Crippen LogP contribution is -2.46. The van der Waals surface area contributed by atoms with Crippen molar-refractivity contribution in [2.24, 2.45) is 21.1 Å². The van der Waals surface area contributed by atoms with Crippen LogP contribution in [-0.4, -0.2) is 37.5 Å². The number of carbonyl (C=O) groups is 1. The molecule has 1 amide bonds. The summed E-state index contributed by atoms with van der Waals surface area (Å²) in [6.07, 6.45) is 7.06. The average Bonchev–Trinajstić information content (AvgIpc) is 3.33. The van der Waals surface area contributed by atoms with Gasteiger partial charge in [0, 0.05) is 30.6 Å². The molecule has 0 N–H and O–H groups in total. The van der Waals surface area contributed by atoms with Crippen molar-refractivity contribution in [1.29, 1.82) is 0 Å². The Morgan fingerprint density at radius 3 is 2.89 bits per heavy atom. The van der Waals surface area contributed by atoms with Crippen molar-refractivity contribution in [3.05, 3.63) is 60.7 Å². The van der Waals surface area contributed by atoms with E-state index < -0.39 is 5.92 Å². The van der Waals surface area contributed by atoms with Gasteiger partial charge in [0.15, 0.2) is 11.0 Å². The molecular weight excluding hydrogens is 362 g/mol. The third-order valence-electron chi connectivity index (χ3n) is 4.19. The quantitative estimate of drug-likeness (QED) is 0.703. The fourth-order valence-corrected chi connectivity index (χ4v) is 3.83. The predicted octanol–water partition coefficient (Wildman–Crippen LogP) is 2.38. The van der Waals surface area contributed by atoms with E-state index in [2.05, 4.69) is 25.2 Å². The van der Waals surface area contributed by atoms with Gasteiger partial charge in [-0.1, -0.05) is 30.0 Å². The second-order valence-electron chi connectivity index (χ2n) is 5.95. The maximum atomic E-state index is 13.0. The largest absolute Gasteiger partial charge is 0.291 e. The molecule has 0 spiro atoms. The summed E-state index contributed by atoms with van der Waals surface area (Å²) in [5.41, 5.74) is 1.62. The van der Waals surface area contributed by atoms with E-state index in [9.17, 15) is 4.79 Å². The van der Waals surface area contributed by atoms with E-state index in [-0.39, 0.29) is 5.91 Å². The number of aromatic nitrogens is 3. The standard InChI is InChI=1S/C18H13N7OS/c26-16-14-9-20-23-15(14)22-18(25(16)13-5-2-1-3-6-13)27-11-12-10-24-8-4-7-19-17(24)21-12/h1-10,14H,11H2/t14-/m0/s1. The van der Waals surface area contributed by atoms with Crippen LogP contribution in [0.1, 0.15) is 5.69 Å². The molecule has 0 unspecified atom stereocenters. The zero-order chi connectivity index (χ0) is 18.2. The van der Waals surface area contributed by atoms with E-state index in [0.717, 1.165) is 11.4 Å². The topological polar surface area (TPSA) is 87.6 Å². The Hall–Kier alpha value is -3.33. The van der Waals surface area contributed by atoms with Crippen LogP contribution in [0.25, 0.3) is 5.78 Å². The van der Waals surface area contributed by atoms with Gasteiger partial charge in [-0.2, -0.15) is 5.10 Å². The number of amides is 1. The lowest BCUT2D eigenvalue weighted by molar-refractivity contribution is -0.118. The number of hydrogen-bond acceptors (Lipinski definition) is 7. The molecule has 0 aliphatic carbocycles. The van der Waals surface area contributed by atoms with Crippen molar-refractivity contribution in [3.63, 3.8) is 0 Å². The first-order valence-electron chi connectivity index (χ1n) is 8.30. The minimum Gasteiger partial charge on any atom is -0.291 e. The van der Waals surface area contributed by atoms with Crippen molar-refractivity contribution in [3.8, 4) is 0 Å². The highest BCUT2D eigenvalue weighted by Crippen LogP contribution is 2.29. The maximum absolute atomic E-state index is 13.0. The molecule has 8 nitrogen and oxygen atoms in total. The Labute approximate surface area is 158 Å². The number of nitrogens with zero attached hydrogens (tertiary/aromatic N) is 7. The number of thioether (sulfide) groups is 1. The lowest BCUT2D eigenvalue weighted by Gasteiger charge is -2.29. The molecule has 3 aromatic rings. The molecule has 1 atom stereocenters. The Balaban J connectivity index is 1.47. The van der Waals surface area contributed by atoms with Crippen molar-refractivity contribution >= 4 is 46.4 Å². The summed E-state index contributed by atoms with van der Waals surface area (Å²) < 4.78 is 1.86. The molecule has 5 rings (SSSR count). The van der Waals surface area contributed by atoms with Gasteiger partial charge in [0.05, 0.1) is 11.4 Å². The Morgan fingerprint density at radius 2 is 2.04 bits per heavy atom. The van der Waals surface area contributed by atoms with Crippen LogP contribution in [0.4, 0.5) is 5.69 Å². The number of rotatable bonds is 3. The first kappa shape index (κ1) is 15.9. The van der Waals surface area contributed by atoms with E-state index in [1.807, 2.05) is 53.2 Å². The molecule has 27 heavy (non-hydrogen) atoms. The number of fused-ring (bicyclic) bond motifs is 2. The van der Waals surface area contributed by atoms with E-state index in [4.69, 9.17) is 0 Å². The molecule has 2 aliphatic heterocycles. The summed E-state index contributed by atoms with van der Waals surface area (Å²) in [4.78, 5) is 27.9. The summed E-state index contributed by atoms with van der Waals surface area (Å²) in [7, 11) is 0. The lowest BCUT2D eigenvalue weighted by atomic mass is 10.1. The molecule has 9 heteroatoms. The highest BCUT2D eigenvalue weighted by molar-refractivity contribution is 8.13. The summed E-state index contributed by atoms with van der Waals surface area (Å²) in [6, 6.07) is 11.3. The molecule has 1 aromatic carbocycles. The van der Waals surface area contributed by atoms with Gasteiger partial charge >= 0.3 is 0 Å². The number of benzene rings is 1. The fourth-order valence-electron chi connectivity index (χ4n) is 2.93. The number of para-hydroxylation sites is 1. The number of carbonyl (C=O) groups excluding carboxylic acids is 1. The van der Waals surface area contributed by atoms with Crippen LogP contribution in [0.2, 0.25) is 0 Å². The molecule has 132 valence electrons. The highest BCUT2D eigenvalue weighted by atomic mass is 32.2. The Kier molecular flexibility index (Phi) is 3.79. The summed E-state index contributed by atoms with van der Waals surface area (Å²) >= 11 is 1.44.